The van der Waals surface area contributed by atoms with Gasteiger partial charge in [-0.05, 0) is 18.2 Å². The summed E-state index contributed by atoms with van der Waals surface area (Å²) in [7, 11) is 1.57. The molecule has 5 heteroatoms. The van der Waals surface area contributed by atoms with Crippen molar-refractivity contribution in [3.8, 4) is 17.2 Å². The molecule has 112 valence electrons. The number of halogens is 2. The van der Waals surface area contributed by atoms with Gasteiger partial charge in [-0.2, -0.15) is 0 Å². The second-order valence-electron chi connectivity index (χ2n) is 4.24. The van der Waals surface area contributed by atoms with Crippen LogP contribution in [0.15, 0.2) is 42.5 Å². The lowest BCUT2D eigenvalue weighted by Crippen LogP contribution is -2.10. The third kappa shape index (κ3) is 4.45. The fourth-order valence-electron chi connectivity index (χ4n) is 1.86. The number of alkyl halides is 1. The monoisotopic (exact) mass is 326 g/mol. The van der Waals surface area contributed by atoms with Crippen LogP contribution in [0.3, 0.4) is 0 Å². The van der Waals surface area contributed by atoms with Crippen LogP contribution in [-0.2, 0) is 5.88 Å². The predicted molar refractivity (Wildman–Crippen MR) is 85.0 cm³/mol. The van der Waals surface area contributed by atoms with E-state index in [0.717, 1.165) is 11.3 Å². The number of methoxy groups -OCH3 is 1. The summed E-state index contributed by atoms with van der Waals surface area (Å²) in [6.07, 6.45) is 0. The number of hydrogen-bond donors (Lipinski definition) is 0. The second kappa shape index (κ2) is 8.01. The molecule has 0 bridgehead atoms. The minimum atomic E-state index is 0.297. The van der Waals surface area contributed by atoms with Crippen molar-refractivity contribution in [2.75, 3.05) is 20.3 Å². The van der Waals surface area contributed by atoms with Gasteiger partial charge in [0, 0.05) is 16.7 Å². The Morgan fingerprint density at radius 3 is 2.38 bits per heavy atom. The minimum Gasteiger partial charge on any atom is -0.493 e. The molecule has 0 atom stereocenters. The van der Waals surface area contributed by atoms with Crippen LogP contribution in [0.25, 0.3) is 0 Å². The molecule has 0 aliphatic rings. The molecule has 0 amide bonds. The lowest BCUT2D eigenvalue weighted by Gasteiger charge is -2.15. The number of benzene rings is 2. The summed E-state index contributed by atoms with van der Waals surface area (Å²) in [6, 6.07) is 13.0. The Balaban J connectivity index is 1.96. The normalized spacial score (nSPS) is 10.2. The van der Waals surface area contributed by atoms with Crippen LogP contribution in [0.1, 0.15) is 5.56 Å². The number of rotatable bonds is 7. The van der Waals surface area contributed by atoms with Crippen molar-refractivity contribution in [3.63, 3.8) is 0 Å². The molecule has 0 unspecified atom stereocenters. The van der Waals surface area contributed by atoms with E-state index in [1.165, 1.54) is 0 Å². The highest BCUT2D eigenvalue weighted by atomic mass is 35.5. The molecule has 2 rings (SSSR count). The van der Waals surface area contributed by atoms with Crippen LogP contribution in [0.2, 0.25) is 5.02 Å². The van der Waals surface area contributed by atoms with Gasteiger partial charge < -0.3 is 14.2 Å². The fourth-order valence-corrected chi connectivity index (χ4v) is 2.29. The van der Waals surface area contributed by atoms with Gasteiger partial charge >= 0.3 is 0 Å². The summed E-state index contributed by atoms with van der Waals surface area (Å²) in [5, 5.41) is 0.565. The number of hydrogen-bond acceptors (Lipinski definition) is 3. The van der Waals surface area contributed by atoms with E-state index in [4.69, 9.17) is 37.4 Å². The molecule has 0 aromatic heterocycles. The average Bonchev–Trinajstić information content (AvgIpc) is 2.52. The lowest BCUT2D eigenvalue weighted by molar-refractivity contribution is 0.210. The van der Waals surface area contributed by atoms with Crippen LogP contribution < -0.4 is 14.2 Å². The van der Waals surface area contributed by atoms with Gasteiger partial charge in [-0.1, -0.05) is 29.8 Å². The van der Waals surface area contributed by atoms with Crippen LogP contribution in [0.4, 0.5) is 0 Å². The molecule has 21 heavy (non-hydrogen) atoms. The fraction of sp³-hybridized carbons (Fsp3) is 0.250. The molecule has 0 fully saturated rings. The van der Waals surface area contributed by atoms with Gasteiger partial charge in [0.25, 0.3) is 0 Å². The molecule has 2 aromatic carbocycles. The van der Waals surface area contributed by atoms with E-state index in [2.05, 4.69) is 0 Å². The van der Waals surface area contributed by atoms with E-state index in [0.29, 0.717) is 35.6 Å². The van der Waals surface area contributed by atoms with E-state index < -0.39 is 0 Å². The highest BCUT2D eigenvalue weighted by Crippen LogP contribution is 2.35. The van der Waals surface area contributed by atoms with Gasteiger partial charge in [-0.15, -0.1) is 11.6 Å². The Hall–Kier alpha value is -1.58. The van der Waals surface area contributed by atoms with E-state index in [1.807, 2.05) is 30.3 Å². The zero-order chi connectivity index (χ0) is 15.1. The molecule has 0 spiro atoms. The Morgan fingerprint density at radius 2 is 1.71 bits per heavy atom. The second-order valence-corrected chi connectivity index (χ2v) is 4.94. The molecule has 2 aromatic rings. The molecule has 0 aliphatic heterocycles. The first kappa shape index (κ1) is 15.8. The maximum absolute atomic E-state index is 6.00. The zero-order valence-corrected chi connectivity index (χ0v) is 13.2. The predicted octanol–water partition coefficient (Wildman–Crippen LogP) is 4.55. The first-order chi connectivity index (χ1) is 10.2. The van der Waals surface area contributed by atoms with Crippen molar-refractivity contribution >= 4 is 23.2 Å². The van der Waals surface area contributed by atoms with E-state index in [-0.39, 0.29) is 0 Å². The molecule has 0 heterocycles. The quantitative estimate of drug-likeness (QED) is 0.552. The van der Waals surface area contributed by atoms with Gasteiger partial charge in [-0.25, -0.2) is 0 Å². The van der Waals surface area contributed by atoms with Crippen molar-refractivity contribution < 1.29 is 14.2 Å². The Bertz CT molecular complexity index is 548. The molecule has 0 N–H and O–H groups in total. The van der Waals surface area contributed by atoms with Crippen molar-refractivity contribution in [1.82, 2.24) is 0 Å². The van der Waals surface area contributed by atoms with E-state index >= 15 is 0 Å². The van der Waals surface area contributed by atoms with Crippen molar-refractivity contribution in [2.24, 2.45) is 0 Å². The largest absolute Gasteiger partial charge is 0.493 e. The summed E-state index contributed by atoms with van der Waals surface area (Å²) in [6.45, 7) is 0.814. The minimum absolute atomic E-state index is 0.297. The Morgan fingerprint density at radius 1 is 1.00 bits per heavy atom. The van der Waals surface area contributed by atoms with Crippen LogP contribution >= 0.6 is 23.2 Å². The van der Waals surface area contributed by atoms with Crippen molar-refractivity contribution in [2.45, 2.75) is 5.88 Å². The zero-order valence-electron chi connectivity index (χ0n) is 11.6. The molecule has 0 radical (unpaired) electrons. The van der Waals surface area contributed by atoms with Gasteiger partial charge in [0.05, 0.1) is 13.0 Å². The molecule has 0 aliphatic carbocycles. The standard InChI is InChI=1S/C16H16Cl2O3/c1-19-15-10-13(18)9-12(11-17)16(15)21-8-7-20-14-5-3-2-4-6-14/h2-6,9-10H,7-8,11H2,1H3. The number of para-hydroxylation sites is 1. The third-order valence-corrected chi connectivity index (χ3v) is 3.31. The molecule has 3 nitrogen and oxygen atoms in total. The summed E-state index contributed by atoms with van der Waals surface area (Å²) in [5.74, 6) is 2.28. The van der Waals surface area contributed by atoms with Crippen molar-refractivity contribution in [1.29, 1.82) is 0 Å². The van der Waals surface area contributed by atoms with E-state index in [9.17, 15) is 0 Å². The lowest BCUT2D eigenvalue weighted by atomic mass is 10.2. The van der Waals surface area contributed by atoms with Gasteiger partial charge in [0.15, 0.2) is 11.5 Å². The highest BCUT2D eigenvalue weighted by Gasteiger charge is 2.12. The summed E-state index contributed by atoms with van der Waals surface area (Å²) < 4.78 is 16.6. The van der Waals surface area contributed by atoms with Crippen LogP contribution in [0.5, 0.6) is 17.2 Å². The smallest absolute Gasteiger partial charge is 0.165 e. The first-order valence-electron chi connectivity index (χ1n) is 6.47. The van der Waals surface area contributed by atoms with Gasteiger partial charge in [-0.3, -0.25) is 0 Å². The number of ether oxygens (including phenoxy) is 3. The van der Waals surface area contributed by atoms with Crippen LogP contribution in [-0.4, -0.2) is 20.3 Å². The molecule has 0 saturated carbocycles. The van der Waals surface area contributed by atoms with Crippen LogP contribution in [0, 0.1) is 0 Å². The summed E-state index contributed by atoms with van der Waals surface area (Å²) in [5.41, 5.74) is 0.792. The first-order valence-corrected chi connectivity index (χ1v) is 7.39. The third-order valence-electron chi connectivity index (χ3n) is 2.80. The maximum atomic E-state index is 6.00. The Labute approximate surface area is 134 Å². The van der Waals surface area contributed by atoms with E-state index in [1.54, 1.807) is 19.2 Å². The molecular formula is C16H16Cl2O3. The topological polar surface area (TPSA) is 27.7 Å². The maximum Gasteiger partial charge on any atom is 0.165 e. The molecule has 0 saturated heterocycles. The summed E-state index contributed by atoms with van der Waals surface area (Å²) in [4.78, 5) is 0. The average molecular weight is 327 g/mol. The SMILES string of the molecule is COc1cc(Cl)cc(CCl)c1OCCOc1ccccc1. The molecular weight excluding hydrogens is 311 g/mol. The summed E-state index contributed by atoms with van der Waals surface area (Å²) >= 11 is 11.9. The van der Waals surface area contributed by atoms with Gasteiger partial charge in [0.2, 0.25) is 0 Å². The van der Waals surface area contributed by atoms with Gasteiger partial charge in [0.1, 0.15) is 19.0 Å². The Kier molecular flexibility index (Phi) is 6.03. The highest BCUT2D eigenvalue weighted by molar-refractivity contribution is 6.31. The van der Waals surface area contributed by atoms with Crippen molar-refractivity contribution in [3.05, 3.63) is 53.1 Å².